The molecule has 62 heavy (non-hydrogen) atoms. The fourth-order valence-corrected chi connectivity index (χ4v) is 13.2. The van der Waals surface area contributed by atoms with Gasteiger partial charge in [0.1, 0.15) is 0 Å². The molecule has 0 spiro atoms. The van der Waals surface area contributed by atoms with Gasteiger partial charge in [0, 0.05) is 26.4 Å². The van der Waals surface area contributed by atoms with Crippen molar-refractivity contribution < 1.29 is 14.2 Å². The van der Waals surface area contributed by atoms with Gasteiger partial charge in [-0.25, -0.2) is 0 Å². The predicted octanol–water partition coefficient (Wildman–Crippen LogP) is 16.5. The normalized spacial score (nSPS) is 28.5. The van der Waals surface area contributed by atoms with Gasteiger partial charge in [0.15, 0.2) is 0 Å². The van der Waals surface area contributed by atoms with Gasteiger partial charge in [-0.3, -0.25) is 0 Å². The third-order valence-corrected chi connectivity index (χ3v) is 16.9. The molecule has 4 heteroatoms. The highest BCUT2D eigenvalue weighted by molar-refractivity contribution is 5.25. The number of nitrogens with zero attached hydrogens (tertiary/aromatic N) is 1. The lowest BCUT2D eigenvalue weighted by Crippen LogP contribution is -2.51. The van der Waals surface area contributed by atoms with Crippen molar-refractivity contribution in [2.24, 2.45) is 46.3 Å². The van der Waals surface area contributed by atoms with Crippen LogP contribution >= 0.6 is 0 Å². The highest BCUT2D eigenvalue weighted by atomic mass is 16.5. The van der Waals surface area contributed by atoms with Crippen molar-refractivity contribution in [3.63, 3.8) is 0 Å². The molecule has 0 amide bonds. The number of hydrogen-bond acceptors (Lipinski definition) is 4. The first kappa shape index (κ1) is 53.7. The van der Waals surface area contributed by atoms with Crippen LogP contribution in [-0.4, -0.2) is 64.2 Å². The van der Waals surface area contributed by atoms with Gasteiger partial charge in [0.2, 0.25) is 0 Å². The molecule has 0 aromatic heterocycles. The van der Waals surface area contributed by atoms with Gasteiger partial charge in [0.05, 0.1) is 18.8 Å². The zero-order valence-electron chi connectivity index (χ0n) is 42.7. The molecule has 0 saturated heterocycles. The van der Waals surface area contributed by atoms with Crippen molar-refractivity contribution in [2.45, 2.75) is 240 Å². The average molecular weight is 864 g/mol. The van der Waals surface area contributed by atoms with Crippen LogP contribution in [0.5, 0.6) is 0 Å². The number of hydrogen-bond donors (Lipinski definition) is 0. The molecule has 4 unspecified atom stereocenters. The van der Waals surface area contributed by atoms with Crippen LogP contribution in [-0.2, 0) is 14.2 Å². The molecule has 0 aliphatic heterocycles. The minimum Gasteiger partial charge on any atom is -0.379 e. The Kier molecular flexibility index (Phi) is 26.3. The molecule has 4 nitrogen and oxygen atoms in total. The Morgan fingerprint density at radius 1 is 0.694 bits per heavy atom. The van der Waals surface area contributed by atoms with E-state index in [1.54, 1.807) is 5.57 Å². The number of likely N-dealkylation sites (N-methyl/N-ethyl adjacent to an activating group) is 1. The molecular formula is C58H105NO3. The summed E-state index contributed by atoms with van der Waals surface area (Å²) in [6, 6.07) is 0. The zero-order chi connectivity index (χ0) is 44.5. The van der Waals surface area contributed by atoms with Crippen LogP contribution in [0, 0.1) is 46.3 Å². The van der Waals surface area contributed by atoms with Gasteiger partial charge in [-0.05, 0) is 163 Å². The molecule has 4 rings (SSSR count). The standard InChI is InChI=1S/C58H105NO3/c1-9-10-11-12-13-14-15-16-17-18-19-20-21-22-25-28-42-60-47-52(46-59(7)8)62-44-30-27-24-23-26-29-43-61-51-38-40-57(5)50(45-51)34-35-53-55-37-36-54(49(4)33-31-32-48(2)3)58(55,6)41-39-56(53)57/h13-14,16-17,34,48-49,51-56H,9-12,15,18-33,35-47H2,1-8H3/t49-,51+,52?,53?,54-,55?,56?,57+,58-/m1/s1. The van der Waals surface area contributed by atoms with E-state index >= 15 is 0 Å². The van der Waals surface area contributed by atoms with E-state index in [1.807, 2.05) is 0 Å². The summed E-state index contributed by atoms with van der Waals surface area (Å²) in [5.74, 6) is 5.49. The topological polar surface area (TPSA) is 30.9 Å². The Balaban J connectivity index is 0.980. The highest BCUT2D eigenvalue weighted by Crippen LogP contribution is 2.67. The van der Waals surface area contributed by atoms with Crippen LogP contribution in [0.2, 0.25) is 0 Å². The Morgan fingerprint density at radius 3 is 2.05 bits per heavy atom. The maximum Gasteiger partial charge on any atom is 0.0934 e. The molecule has 0 aromatic rings. The van der Waals surface area contributed by atoms with Gasteiger partial charge in [-0.2, -0.15) is 0 Å². The minimum atomic E-state index is 0.173. The summed E-state index contributed by atoms with van der Waals surface area (Å²) in [6.07, 6.45) is 51.1. The minimum absolute atomic E-state index is 0.173. The van der Waals surface area contributed by atoms with Crippen molar-refractivity contribution in [1.29, 1.82) is 0 Å². The summed E-state index contributed by atoms with van der Waals surface area (Å²) >= 11 is 0. The fraction of sp³-hybridized carbons (Fsp3) is 0.897. The Labute approximate surface area is 387 Å². The molecule has 0 aromatic carbocycles. The maximum absolute atomic E-state index is 6.61. The first-order valence-electron chi connectivity index (χ1n) is 27.5. The van der Waals surface area contributed by atoms with Crippen molar-refractivity contribution in [2.75, 3.05) is 47.1 Å². The van der Waals surface area contributed by atoms with Crippen molar-refractivity contribution in [1.82, 2.24) is 4.90 Å². The summed E-state index contributed by atoms with van der Waals surface area (Å²) in [5, 5.41) is 0. The number of allylic oxidation sites excluding steroid dienone is 5. The quantitative estimate of drug-likeness (QED) is 0.0469. The Hall–Kier alpha value is -0.940. The highest BCUT2D eigenvalue weighted by Gasteiger charge is 2.59. The lowest BCUT2D eigenvalue weighted by Gasteiger charge is -2.58. The van der Waals surface area contributed by atoms with Gasteiger partial charge >= 0.3 is 0 Å². The van der Waals surface area contributed by atoms with E-state index in [1.165, 1.54) is 173 Å². The number of ether oxygens (including phenoxy) is 3. The first-order valence-corrected chi connectivity index (χ1v) is 27.5. The largest absolute Gasteiger partial charge is 0.379 e. The lowest BCUT2D eigenvalue weighted by molar-refractivity contribution is -0.0641. The number of fused-ring (bicyclic) bond motifs is 5. The fourth-order valence-electron chi connectivity index (χ4n) is 13.2. The number of rotatable bonds is 35. The molecule has 0 bridgehead atoms. The number of unbranched alkanes of at least 4 members (excludes halogenated alkanes) is 14. The van der Waals surface area contributed by atoms with Gasteiger partial charge in [-0.15, -0.1) is 0 Å². The van der Waals surface area contributed by atoms with E-state index in [2.05, 4.69) is 90.9 Å². The van der Waals surface area contributed by atoms with Crippen LogP contribution in [0.15, 0.2) is 36.0 Å². The lowest BCUT2D eigenvalue weighted by atomic mass is 9.47. The Bertz CT molecular complexity index is 1240. The smallest absolute Gasteiger partial charge is 0.0934 e. The SMILES string of the molecule is CCCCCC=CCC=CCCCCCCCCOCC(CN(C)C)OCCCCCCCCO[C@H]1CC[C@@]2(C)C(=CCC3C2CC[C@@]2(C)C3CC[C@@H]2[C@H](C)CCCC(C)C)C1. The molecule has 9 atom stereocenters. The van der Waals surface area contributed by atoms with Crippen LogP contribution in [0.1, 0.15) is 228 Å². The van der Waals surface area contributed by atoms with Crippen LogP contribution in [0.3, 0.4) is 0 Å². The summed E-state index contributed by atoms with van der Waals surface area (Å²) in [5.41, 5.74) is 2.79. The van der Waals surface area contributed by atoms with E-state index in [0.717, 1.165) is 81.3 Å². The van der Waals surface area contributed by atoms with E-state index in [9.17, 15) is 0 Å². The molecule has 3 fully saturated rings. The van der Waals surface area contributed by atoms with Gasteiger partial charge < -0.3 is 19.1 Å². The van der Waals surface area contributed by atoms with Crippen molar-refractivity contribution in [3.8, 4) is 0 Å². The van der Waals surface area contributed by atoms with Crippen LogP contribution in [0.25, 0.3) is 0 Å². The van der Waals surface area contributed by atoms with E-state index in [0.29, 0.717) is 16.9 Å². The molecule has 0 heterocycles. The molecule has 360 valence electrons. The average Bonchev–Trinajstić information content (AvgIpc) is 3.60. The van der Waals surface area contributed by atoms with Crippen molar-refractivity contribution >= 4 is 0 Å². The summed E-state index contributed by atoms with van der Waals surface area (Å²) in [4.78, 5) is 2.23. The summed E-state index contributed by atoms with van der Waals surface area (Å²) in [7, 11) is 4.28. The predicted molar refractivity (Wildman–Crippen MR) is 269 cm³/mol. The molecular weight excluding hydrogens is 759 g/mol. The van der Waals surface area contributed by atoms with Crippen molar-refractivity contribution in [3.05, 3.63) is 36.0 Å². The van der Waals surface area contributed by atoms with Gasteiger partial charge in [0.25, 0.3) is 0 Å². The molecule has 0 radical (unpaired) electrons. The monoisotopic (exact) mass is 864 g/mol. The molecule has 4 aliphatic rings. The Morgan fingerprint density at radius 2 is 1.35 bits per heavy atom. The second-order valence-electron chi connectivity index (χ2n) is 22.6. The first-order chi connectivity index (χ1) is 30.1. The third kappa shape index (κ3) is 18.4. The third-order valence-electron chi connectivity index (χ3n) is 16.9. The van der Waals surface area contributed by atoms with E-state index in [4.69, 9.17) is 14.2 Å². The maximum atomic E-state index is 6.61. The second-order valence-corrected chi connectivity index (χ2v) is 22.6. The van der Waals surface area contributed by atoms with E-state index in [-0.39, 0.29) is 6.10 Å². The van der Waals surface area contributed by atoms with E-state index < -0.39 is 0 Å². The molecule has 0 N–H and O–H groups in total. The van der Waals surface area contributed by atoms with Crippen LogP contribution in [0.4, 0.5) is 0 Å². The molecule has 3 saturated carbocycles. The summed E-state index contributed by atoms with van der Waals surface area (Å²) in [6.45, 7) is 19.4. The zero-order valence-corrected chi connectivity index (χ0v) is 42.7. The van der Waals surface area contributed by atoms with Gasteiger partial charge in [-0.1, -0.05) is 161 Å². The van der Waals surface area contributed by atoms with Crippen LogP contribution < -0.4 is 0 Å². The second kappa shape index (κ2) is 30.4. The molecule has 4 aliphatic carbocycles. The summed E-state index contributed by atoms with van der Waals surface area (Å²) < 4.78 is 19.0.